The molecule has 94 valence electrons. The van der Waals surface area contributed by atoms with Gasteiger partial charge in [-0.1, -0.05) is 0 Å². The number of nitrogens with zero attached hydrogens (tertiary/aromatic N) is 3. The van der Waals surface area contributed by atoms with Gasteiger partial charge in [-0.25, -0.2) is 4.98 Å². The predicted molar refractivity (Wildman–Crippen MR) is 69.8 cm³/mol. The molecule has 0 aromatic carbocycles. The summed E-state index contributed by atoms with van der Waals surface area (Å²) < 4.78 is 0. The Balaban J connectivity index is 2.21. The normalized spacial score (nSPS) is 12.1. The molecule has 0 bridgehead atoms. The molecule has 2 heterocycles. The fourth-order valence-corrected chi connectivity index (χ4v) is 2.30. The van der Waals surface area contributed by atoms with E-state index in [9.17, 15) is 10.1 Å². The summed E-state index contributed by atoms with van der Waals surface area (Å²) in [5.41, 5.74) is 0.405. The van der Waals surface area contributed by atoms with Crippen LogP contribution in [0.5, 0.6) is 0 Å². The van der Waals surface area contributed by atoms with E-state index in [-0.39, 0.29) is 11.9 Å². The van der Waals surface area contributed by atoms with E-state index in [0.717, 1.165) is 9.88 Å². The van der Waals surface area contributed by atoms with Crippen molar-refractivity contribution < 1.29 is 4.92 Å². The number of nitrogens with one attached hydrogen (secondary N) is 1. The van der Waals surface area contributed by atoms with Crippen LogP contribution in [0.4, 0.5) is 11.5 Å². The van der Waals surface area contributed by atoms with Gasteiger partial charge in [0, 0.05) is 11.1 Å². The zero-order valence-corrected chi connectivity index (χ0v) is 10.8. The van der Waals surface area contributed by atoms with Crippen molar-refractivity contribution in [3.05, 3.63) is 44.5 Å². The van der Waals surface area contributed by atoms with Crippen molar-refractivity contribution in [2.45, 2.75) is 19.9 Å². The topological polar surface area (TPSA) is 81.0 Å². The van der Waals surface area contributed by atoms with Crippen LogP contribution >= 0.6 is 11.3 Å². The van der Waals surface area contributed by atoms with Crippen LogP contribution in [0.25, 0.3) is 0 Å². The lowest BCUT2D eigenvalue weighted by atomic mass is 10.3. The number of pyridine rings is 1. The standard InChI is InChI=1S/C11H12N4O2S/c1-7-6-13-11(18-7)8(2)14-9-4-3-5-12-10(9)15(16)17/h3-6,8,14H,1-2H3. The molecule has 6 nitrogen and oxygen atoms in total. The van der Waals surface area contributed by atoms with Crippen LogP contribution in [0.3, 0.4) is 0 Å². The van der Waals surface area contributed by atoms with E-state index in [4.69, 9.17) is 0 Å². The summed E-state index contributed by atoms with van der Waals surface area (Å²) in [4.78, 5) is 19.5. The Kier molecular flexibility index (Phi) is 3.52. The number of rotatable bonds is 4. The van der Waals surface area contributed by atoms with Crippen molar-refractivity contribution in [1.82, 2.24) is 9.97 Å². The quantitative estimate of drug-likeness (QED) is 0.678. The highest BCUT2D eigenvalue weighted by Crippen LogP contribution is 2.27. The second-order valence-corrected chi connectivity index (χ2v) is 5.07. The minimum atomic E-state index is -0.498. The molecule has 0 aliphatic heterocycles. The first-order valence-corrected chi connectivity index (χ1v) is 6.18. The molecule has 0 saturated heterocycles. The van der Waals surface area contributed by atoms with Crippen LogP contribution in [0, 0.1) is 17.0 Å². The van der Waals surface area contributed by atoms with Crippen molar-refractivity contribution in [2.75, 3.05) is 5.32 Å². The van der Waals surface area contributed by atoms with E-state index in [1.807, 2.05) is 13.8 Å². The van der Waals surface area contributed by atoms with Crippen LogP contribution < -0.4 is 5.32 Å². The second-order valence-electron chi connectivity index (χ2n) is 3.81. The lowest BCUT2D eigenvalue weighted by molar-refractivity contribution is -0.388. The van der Waals surface area contributed by atoms with Gasteiger partial charge >= 0.3 is 5.82 Å². The molecule has 1 N–H and O–H groups in total. The summed E-state index contributed by atoms with van der Waals surface area (Å²) in [5.74, 6) is -0.169. The van der Waals surface area contributed by atoms with E-state index in [0.29, 0.717) is 5.69 Å². The third kappa shape index (κ3) is 2.62. The molecule has 0 radical (unpaired) electrons. The SMILES string of the molecule is Cc1cnc(C(C)Nc2cccnc2[N+](=O)[O-])s1. The Morgan fingerprint density at radius 1 is 1.50 bits per heavy atom. The Labute approximate surface area is 108 Å². The van der Waals surface area contributed by atoms with Crippen molar-refractivity contribution in [1.29, 1.82) is 0 Å². The Morgan fingerprint density at radius 2 is 2.28 bits per heavy atom. The molecular weight excluding hydrogens is 252 g/mol. The van der Waals surface area contributed by atoms with Crippen LogP contribution in [0.1, 0.15) is 22.9 Å². The minimum Gasteiger partial charge on any atom is -0.369 e. The molecule has 1 atom stereocenters. The largest absolute Gasteiger partial charge is 0.386 e. The summed E-state index contributed by atoms with van der Waals surface area (Å²) in [6.45, 7) is 3.88. The summed E-state index contributed by atoms with van der Waals surface area (Å²) in [5, 5.41) is 14.8. The smallest absolute Gasteiger partial charge is 0.369 e. The molecule has 0 aliphatic carbocycles. The van der Waals surface area contributed by atoms with Crippen LogP contribution in [-0.2, 0) is 0 Å². The van der Waals surface area contributed by atoms with E-state index >= 15 is 0 Å². The summed E-state index contributed by atoms with van der Waals surface area (Å²) in [6, 6.07) is 3.21. The number of hydrogen-bond donors (Lipinski definition) is 1. The summed E-state index contributed by atoms with van der Waals surface area (Å²) >= 11 is 1.57. The van der Waals surface area contributed by atoms with E-state index < -0.39 is 4.92 Å². The molecule has 18 heavy (non-hydrogen) atoms. The van der Waals surface area contributed by atoms with Crippen LogP contribution in [-0.4, -0.2) is 14.9 Å². The molecule has 0 aliphatic rings. The molecule has 1 unspecified atom stereocenters. The molecule has 2 aromatic rings. The highest BCUT2D eigenvalue weighted by Gasteiger charge is 2.17. The van der Waals surface area contributed by atoms with Crippen LogP contribution in [0.15, 0.2) is 24.5 Å². The number of aromatic nitrogens is 2. The van der Waals surface area contributed by atoms with Crippen molar-refractivity contribution in [3.63, 3.8) is 0 Å². The first-order chi connectivity index (χ1) is 8.58. The maximum absolute atomic E-state index is 10.8. The molecular formula is C11H12N4O2S. The maximum Gasteiger partial charge on any atom is 0.386 e. The monoisotopic (exact) mass is 264 g/mol. The maximum atomic E-state index is 10.8. The van der Waals surface area contributed by atoms with Gasteiger partial charge in [0.15, 0.2) is 0 Å². The molecule has 7 heteroatoms. The highest BCUT2D eigenvalue weighted by atomic mass is 32.1. The Morgan fingerprint density at radius 3 is 2.89 bits per heavy atom. The van der Waals surface area contributed by atoms with Gasteiger partial charge in [0.2, 0.25) is 0 Å². The van der Waals surface area contributed by atoms with Gasteiger partial charge in [0.1, 0.15) is 16.9 Å². The zero-order valence-electron chi connectivity index (χ0n) is 9.95. The van der Waals surface area contributed by atoms with Gasteiger partial charge < -0.3 is 15.4 Å². The average molecular weight is 264 g/mol. The fourth-order valence-electron chi connectivity index (χ4n) is 1.52. The lowest BCUT2D eigenvalue weighted by Crippen LogP contribution is -2.08. The fraction of sp³-hybridized carbons (Fsp3) is 0.273. The first-order valence-electron chi connectivity index (χ1n) is 5.36. The number of nitro groups is 1. The number of hydrogen-bond acceptors (Lipinski definition) is 6. The van der Waals surface area contributed by atoms with Gasteiger partial charge in [-0.3, -0.25) is 0 Å². The molecule has 0 amide bonds. The van der Waals surface area contributed by atoms with E-state index in [2.05, 4.69) is 15.3 Å². The average Bonchev–Trinajstić information content (AvgIpc) is 2.76. The molecule has 0 saturated carbocycles. The van der Waals surface area contributed by atoms with Gasteiger partial charge in [0.25, 0.3) is 0 Å². The second kappa shape index (κ2) is 5.09. The third-order valence-electron chi connectivity index (χ3n) is 2.34. The van der Waals surface area contributed by atoms with Crippen molar-refractivity contribution in [3.8, 4) is 0 Å². The molecule has 2 aromatic heterocycles. The van der Waals surface area contributed by atoms with Crippen LogP contribution in [0.2, 0.25) is 0 Å². The number of thiazole rings is 1. The van der Waals surface area contributed by atoms with E-state index in [1.54, 1.807) is 29.7 Å². The van der Waals surface area contributed by atoms with Gasteiger partial charge in [0.05, 0.1) is 6.04 Å². The summed E-state index contributed by atoms with van der Waals surface area (Å²) in [6.07, 6.45) is 3.19. The van der Waals surface area contributed by atoms with Gasteiger partial charge in [-0.05, 0) is 35.9 Å². The van der Waals surface area contributed by atoms with Gasteiger partial charge in [-0.2, -0.15) is 0 Å². The molecule has 0 spiro atoms. The lowest BCUT2D eigenvalue weighted by Gasteiger charge is -2.11. The number of anilines is 1. The Bertz CT molecular complexity index is 570. The van der Waals surface area contributed by atoms with Crippen molar-refractivity contribution >= 4 is 22.8 Å². The minimum absolute atomic E-state index is 0.0911. The molecule has 0 fully saturated rings. The first kappa shape index (κ1) is 12.4. The number of aryl methyl sites for hydroxylation is 1. The predicted octanol–water partition coefficient (Wildman–Crippen LogP) is 2.93. The third-order valence-corrected chi connectivity index (χ3v) is 3.44. The summed E-state index contributed by atoms with van der Waals surface area (Å²) in [7, 11) is 0. The Hall–Kier alpha value is -2.02. The highest BCUT2D eigenvalue weighted by molar-refractivity contribution is 7.11. The zero-order chi connectivity index (χ0) is 13.1. The molecule has 2 rings (SSSR count). The van der Waals surface area contributed by atoms with Crippen molar-refractivity contribution in [2.24, 2.45) is 0 Å². The van der Waals surface area contributed by atoms with E-state index in [1.165, 1.54) is 6.20 Å². The van der Waals surface area contributed by atoms with Gasteiger partial charge in [-0.15, -0.1) is 11.3 Å².